The summed E-state index contributed by atoms with van der Waals surface area (Å²) in [5.41, 5.74) is 0.925. The molecule has 1 aliphatic rings. The molecule has 0 radical (unpaired) electrons. The number of halogens is 1. The highest BCUT2D eigenvalue weighted by atomic mass is 35.5. The predicted molar refractivity (Wildman–Crippen MR) is 83.7 cm³/mol. The number of aryl methyl sites for hydroxylation is 2. The smallest absolute Gasteiger partial charge is 0.170 e. The number of aromatic nitrogens is 2. The van der Waals surface area contributed by atoms with Crippen LogP contribution in [0.15, 0.2) is 0 Å². The summed E-state index contributed by atoms with van der Waals surface area (Å²) in [6.07, 6.45) is 4.15. The molecule has 1 aromatic heterocycles. The molecule has 1 heterocycles. The second-order valence-electron chi connectivity index (χ2n) is 6.20. The monoisotopic (exact) mass is 312 g/mol. The second-order valence-corrected chi connectivity index (χ2v) is 6.58. The highest BCUT2D eigenvalue weighted by molar-refractivity contribution is 6.32. The van der Waals surface area contributed by atoms with E-state index < -0.39 is 5.60 Å². The Balaban J connectivity index is 2.23. The quantitative estimate of drug-likeness (QED) is 0.836. The molecule has 0 aliphatic heterocycles. The Morgan fingerprint density at radius 3 is 2.81 bits per heavy atom. The van der Waals surface area contributed by atoms with Crippen molar-refractivity contribution in [1.29, 1.82) is 0 Å². The number of nitrogens with zero attached hydrogens (tertiary/aromatic N) is 2. The van der Waals surface area contributed by atoms with E-state index in [2.05, 4.69) is 12.0 Å². The molecule has 0 aromatic carbocycles. The van der Waals surface area contributed by atoms with Crippen molar-refractivity contribution in [2.75, 3.05) is 6.61 Å². The molecule has 0 spiro atoms. The van der Waals surface area contributed by atoms with Gasteiger partial charge in [-0.05, 0) is 39.0 Å². The van der Waals surface area contributed by atoms with E-state index in [0.717, 1.165) is 30.7 Å². The standard InChI is InChI=1S/C16H25ClN2O2/c1-5-21-16(8-6-7-11(2)10-16)14(20)9-13-15(17)12(3)18-19(13)4/h11H,5-10H2,1-4H3. The van der Waals surface area contributed by atoms with Crippen molar-refractivity contribution in [2.24, 2.45) is 13.0 Å². The first-order chi connectivity index (χ1) is 9.89. The number of hydrogen-bond donors (Lipinski definition) is 0. The van der Waals surface area contributed by atoms with Crippen LogP contribution in [0.4, 0.5) is 0 Å². The maximum atomic E-state index is 12.9. The minimum absolute atomic E-state index is 0.140. The summed E-state index contributed by atoms with van der Waals surface area (Å²) in [5, 5.41) is 4.88. The molecule has 1 aliphatic carbocycles. The summed E-state index contributed by atoms with van der Waals surface area (Å²) in [5.74, 6) is 0.666. The van der Waals surface area contributed by atoms with Gasteiger partial charge >= 0.3 is 0 Å². The van der Waals surface area contributed by atoms with E-state index in [4.69, 9.17) is 16.3 Å². The van der Waals surface area contributed by atoms with E-state index in [-0.39, 0.29) is 5.78 Å². The minimum atomic E-state index is -0.631. The van der Waals surface area contributed by atoms with E-state index in [0.29, 0.717) is 24.0 Å². The fourth-order valence-electron chi connectivity index (χ4n) is 3.43. The summed E-state index contributed by atoms with van der Waals surface area (Å²) in [4.78, 5) is 12.9. The Labute approximate surface area is 131 Å². The Hall–Kier alpha value is -0.870. The van der Waals surface area contributed by atoms with Crippen molar-refractivity contribution in [2.45, 2.75) is 58.5 Å². The molecule has 2 atom stereocenters. The lowest BCUT2D eigenvalue weighted by molar-refractivity contribution is -0.150. The van der Waals surface area contributed by atoms with Gasteiger partial charge in [0.05, 0.1) is 22.8 Å². The van der Waals surface area contributed by atoms with Gasteiger partial charge in [-0.3, -0.25) is 9.48 Å². The van der Waals surface area contributed by atoms with Crippen molar-refractivity contribution >= 4 is 17.4 Å². The molecule has 4 nitrogen and oxygen atoms in total. The van der Waals surface area contributed by atoms with Crippen LogP contribution in [0, 0.1) is 12.8 Å². The van der Waals surface area contributed by atoms with Crippen LogP contribution in [-0.4, -0.2) is 27.8 Å². The summed E-state index contributed by atoms with van der Waals surface area (Å²) in [7, 11) is 1.83. The summed E-state index contributed by atoms with van der Waals surface area (Å²) in [6.45, 7) is 6.57. The van der Waals surface area contributed by atoms with Crippen molar-refractivity contribution in [1.82, 2.24) is 9.78 Å². The molecule has 1 aromatic rings. The van der Waals surface area contributed by atoms with E-state index >= 15 is 0 Å². The summed E-state index contributed by atoms with van der Waals surface area (Å²) >= 11 is 6.27. The molecular weight excluding hydrogens is 288 g/mol. The first-order valence-electron chi connectivity index (χ1n) is 7.75. The molecular formula is C16H25ClN2O2. The highest BCUT2D eigenvalue weighted by Crippen LogP contribution is 2.37. The topological polar surface area (TPSA) is 44.1 Å². The number of rotatable bonds is 5. The van der Waals surface area contributed by atoms with Gasteiger partial charge in [0.15, 0.2) is 5.78 Å². The minimum Gasteiger partial charge on any atom is -0.367 e. The molecule has 0 amide bonds. The molecule has 0 bridgehead atoms. The van der Waals surface area contributed by atoms with Gasteiger partial charge in [0.2, 0.25) is 0 Å². The van der Waals surface area contributed by atoms with Crippen molar-refractivity contribution < 1.29 is 9.53 Å². The van der Waals surface area contributed by atoms with E-state index in [9.17, 15) is 4.79 Å². The maximum absolute atomic E-state index is 12.9. The van der Waals surface area contributed by atoms with Crippen LogP contribution in [0.25, 0.3) is 0 Å². The molecule has 2 unspecified atom stereocenters. The van der Waals surface area contributed by atoms with Gasteiger partial charge in [-0.2, -0.15) is 5.10 Å². The Morgan fingerprint density at radius 1 is 1.57 bits per heavy atom. The van der Waals surface area contributed by atoms with E-state index in [1.807, 2.05) is 20.9 Å². The van der Waals surface area contributed by atoms with Crippen LogP contribution in [0.2, 0.25) is 5.02 Å². The van der Waals surface area contributed by atoms with Crippen molar-refractivity contribution in [3.05, 3.63) is 16.4 Å². The van der Waals surface area contributed by atoms with Gasteiger partial charge in [0, 0.05) is 13.7 Å². The third-order valence-electron chi connectivity index (χ3n) is 4.47. The van der Waals surface area contributed by atoms with Crippen LogP contribution < -0.4 is 0 Å². The molecule has 118 valence electrons. The van der Waals surface area contributed by atoms with Crippen molar-refractivity contribution in [3.63, 3.8) is 0 Å². The van der Waals surface area contributed by atoms with E-state index in [1.165, 1.54) is 6.42 Å². The van der Waals surface area contributed by atoms with Crippen LogP contribution >= 0.6 is 11.6 Å². The van der Waals surface area contributed by atoms with Gasteiger partial charge in [0.25, 0.3) is 0 Å². The molecule has 1 saturated carbocycles. The van der Waals surface area contributed by atoms with Gasteiger partial charge in [-0.25, -0.2) is 0 Å². The van der Waals surface area contributed by atoms with Crippen LogP contribution in [-0.2, 0) is 23.0 Å². The maximum Gasteiger partial charge on any atom is 0.170 e. The highest BCUT2D eigenvalue weighted by Gasteiger charge is 2.42. The largest absolute Gasteiger partial charge is 0.367 e. The van der Waals surface area contributed by atoms with Gasteiger partial charge in [-0.15, -0.1) is 0 Å². The Bertz CT molecular complexity index is 523. The van der Waals surface area contributed by atoms with Gasteiger partial charge in [0.1, 0.15) is 5.60 Å². The fraction of sp³-hybridized carbons (Fsp3) is 0.750. The fourth-order valence-corrected chi connectivity index (χ4v) is 3.66. The molecule has 0 saturated heterocycles. The molecule has 2 rings (SSSR count). The molecule has 21 heavy (non-hydrogen) atoms. The zero-order valence-corrected chi connectivity index (χ0v) is 14.2. The third-order valence-corrected chi connectivity index (χ3v) is 4.97. The summed E-state index contributed by atoms with van der Waals surface area (Å²) in [6, 6.07) is 0. The average molecular weight is 313 g/mol. The average Bonchev–Trinajstić information content (AvgIpc) is 2.65. The van der Waals surface area contributed by atoms with Gasteiger partial charge < -0.3 is 4.74 Å². The van der Waals surface area contributed by atoms with Crippen LogP contribution in [0.5, 0.6) is 0 Å². The molecule has 1 fully saturated rings. The number of ether oxygens (including phenoxy) is 1. The summed E-state index contributed by atoms with van der Waals surface area (Å²) < 4.78 is 7.65. The normalized spacial score (nSPS) is 26.0. The zero-order valence-electron chi connectivity index (χ0n) is 13.4. The van der Waals surface area contributed by atoms with E-state index in [1.54, 1.807) is 4.68 Å². The molecule has 5 heteroatoms. The molecule has 0 N–H and O–H groups in total. The lowest BCUT2D eigenvalue weighted by atomic mass is 9.75. The predicted octanol–water partition coefficient (Wildman–Crippen LogP) is 3.48. The number of hydrogen-bond acceptors (Lipinski definition) is 3. The first-order valence-corrected chi connectivity index (χ1v) is 8.12. The second kappa shape index (κ2) is 6.49. The van der Waals surface area contributed by atoms with Crippen molar-refractivity contribution in [3.8, 4) is 0 Å². The number of Topliss-reactive ketones (excluding diaryl/α,β-unsaturated/α-hetero) is 1. The Kier molecular flexibility index (Phi) is 5.10. The SMILES string of the molecule is CCOC1(C(=O)Cc2c(Cl)c(C)nn2C)CCCC(C)C1. The Morgan fingerprint density at radius 2 is 2.29 bits per heavy atom. The third kappa shape index (κ3) is 3.32. The zero-order chi connectivity index (χ0) is 15.6. The van der Waals surface area contributed by atoms with Crippen LogP contribution in [0.3, 0.4) is 0 Å². The lowest BCUT2D eigenvalue weighted by Crippen LogP contribution is -2.46. The lowest BCUT2D eigenvalue weighted by Gasteiger charge is -2.38. The number of carbonyl (C=O) groups is 1. The first kappa shape index (κ1) is 16.5. The number of ketones is 1. The van der Waals surface area contributed by atoms with Gasteiger partial charge in [-0.1, -0.05) is 24.9 Å². The number of carbonyl (C=O) groups excluding carboxylic acids is 1. The van der Waals surface area contributed by atoms with Crippen LogP contribution in [0.1, 0.15) is 50.9 Å².